The summed E-state index contributed by atoms with van der Waals surface area (Å²) < 4.78 is 10.5. The summed E-state index contributed by atoms with van der Waals surface area (Å²) in [6.07, 6.45) is 0.775. The maximum absolute atomic E-state index is 11.9. The van der Waals surface area contributed by atoms with Crippen molar-refractivity contribution in [3.8, 4) is 5.75 Å². The van der Waals surface area contributed by atoms with E-state index in [0.29, 0.717) is 36.8 Å². The summed E-state index contributed by atoms with van der Waals surface area (Å²) in [5.74, 6) is 0.169. The first-order valence-corrected chi connectivity index (χ1v) is 6.63. The molecule has 0 bridgehead atoms. The van der Waals surface area contributed by atoms with Crippen LogP contribution < -0.4 is 15.4 Å². The summed E-state index contributed by atoms with van der Waals surface area (Å²) in [5.41, 5.74) is 1.10. The van der Waals surface area contributed by atoms with Crippen molar-refractivity contribution in [2.24, 2.45) is 0 Å². The van der Waals surface area contributed by atoms with Crippen molar-refractivity contribution in [1.29, 1.82) is 0 Å². The normalized spacial score (nSPS) is 13.2. The zero-order valence-electron chi connectivity index (χ0n) is 11.4. The third kappa shape index (κ3) is 3.71. The maximum atomic E-state index is 11.9. The lowest BCUT2D eigenvalue weighted by Crippen LogP contribution is -2.27. The molecule has 0 fully saturated rings. The number of carbonyl (C=O) groups excluding carboxylic acids is 2. The number of hydrogen-bond donors (Lipinski definition) is 2. The third-order valence-corrected chi connectivity index (χ3v) is 2.83. The number of nitrogens with one attached hydrogen (secondary N) is 2. The van der Waals surface area contributed by atoms with Crippen molar-refractivity contribution in [2.45, 2.75) is 13.3 Å². The van der Waals surface area contributed by atoms with Crippen LogP contribution in [0.3, 0.4) is 0 Å². The monoisotopic (exact) mass is 278 g/mol. The summed E-state index contributed by atoms with van der Waals surface area (Å²) in [6.45, 7) is 3.79. The molecule has 108 valence electrons. The Bertz CT molecular complexity index is 502. The van der Waals surface area contributed by atoms with Gasteiger partial charge in [-0.15, -0.1) is 0 Å². The first-order valence-electron chi connectivity index (χ1n) is 6.63. The van der Waals surface area contributed by atoms with Crippen LogP contribution in [-0.2, 0) is 9.53 Å². The lowest BCUT2D eigenvalue weighted by atomic mass is 10.1. The van der Waals surface area contributed by atoms with Crippen LogP contribution in [0.15, 0.2) is 18.2 Å². The molecule has 1 aromatic rings. The summed E-state index contributed by atoms with van der Waals surface area (Å²) in [4.78, 5) is 23.1. The van der Waals surface area contributed by atoms with Gasteiger partial charge in [0.2, 0.25) is 0 Å². The molecular formula is C14H18N2O4. The van der Waals surface area contributed by atoms with Crippen LogP contribution in [0, 0.1) is 0 Å². The zero-order chi connectivity index (χ0) is 14.4. The smallest absolute Gasteiger partial charge is 0.262 e. The van der Waals surface area contributed by atoms with Crippen LogP contribution in [-0.4, -0.2) is 38.2 Å². The molecule has 6 nitrogen and oxygen atoms in total. The Morgan fingerprint density at radius 2 is 2.35 bits per heavy atom. The number of carbonyl (C=O) groups is 2. The third-order valence-electron chi connectivity index (χ3n) is 2.83. The van der Waals surface area contributed by atoms with Crippen LogP contribution >= 0.6 is 0 Å². The molecule has 0 unspecified atom stereocenters. The molecule has 2 N–H and O–H groups in total. The van der Waals surface area contributed by atoms with Crippen molar-refractivity contribution in [1.82, 2.24) is 5.32 Å². The van der Waals surface area contributed by atoms with E-state index in [9.17, 15) is 9.59 Å². The number of anilines is 1. The van der Waals surface area contributed by atoms with Gasteiger partial charge in [-0.3, -0.25) is 9.59 Å². The van der Waals surface area contributed by atoms with Gasteiger partial charge in [-0.05, 0) is 31.5 Å². The maximum Gasteiger partial charge on any atom is 0.262 e. The van der Waals surface area contributed by atoms with Gasteiger partial charge >= 0.3 is 0 Å². The average molecular weight is 278 g/mol. The van der Waals surface area contributed by atoms with Gasteiger partial charge in [-0.1, -0.05) is 0 Å². The largest absolute Gasteiger partial charge is 0.482 e. The lowest BCUT2D eigenvalue weighted by Gasteiger charge is -2.18. The number of benzene rings is 1. The van der Waals surface area contributed by atoms with Crippen LogP contribution in [0.2, 0.25) is 0 Å². The van der Waals surface area contributed by atoms with Gasteiger partial charge in [0.1, 0.15) is 5.75 Å². The van der Waals surface area contributed by atoms with Crippen LogP contribution in [0.1, 0.15) is 23.7 Å². The van der Waals surface area contributed by atoms with Gasteiger partial charge in [0.05, 0.1) is 5.69 Å². The van der Waals surface area contributed by atoms with E-state index >= 15 is 0 Å². The molecule has 2 rings (SSSR count). The van der Waals surface area contributed by atoms with Crippen molar-refractivity contribution < 1.29 is 19.1 Å². The van der Waals surface area contributed by atoms with E-state index in [1.54, 1.807) is 18.2 Å². The molecule has 0 saturated heterocycles. The van der Waals surface area contributed by atoms with Crippen molar-refractivity contribution in [2.75, 3.05) is 31.7 Å². The van der Waals surface area contributed by atoms with Gasteiger partial charge < -0.3 is 20.1 Å². The molecule has 0 saturated carbocycles. The predicted octanol–water partition coefficient (Wildman–Crippen LogP) is 1.17. The fraction of sp³-hybridized carbons (Fsp3) is 0.429. The van der Waals surface area contributed by atoms with E-state index in [0.717, 1.165) is 6.42 Å². The Morgan fingerprint density at radius 1 is 1.50 bits per heavy atom. The molecule has 1 aromatic carbocycles. The van der Waals surface area contributed by atoms with Gasteiger partial charge in [-0.25, -0.2) is 0 Å². The highest BCUT2D eigenvalue weighted by Crippen LogP contribution is 2.28. The number of hydrogen-bond acceptors (Lipinski definition) is 4. The highest BCUT2D eigenvalue weighted by Gasteiger charge is 2.17. The molecule has 0 radical (unpaired) electrons. The van der Waals surface area contributed by atoms with E-state index in [-0.39, 0.29) is 18.4 Å². The van der Waals surface area contributed by atoms with Gasteiger partial charge in [0.15, 0.2) is 6.61 Å². The fourth-order valence-corrected chi connectivity index (χ4v) is 1.84. The zero-order valence-corrected chi connectivity index (χ0v) is 11.4. The number of amides is 2. The second-order valence-electron chi connectivity index (χ2n) is 4.35. The molecule has 20 heavy (non-hydrogen) atoms. The molecule has 1 aliphatic heterocycles. The second-order valence-corrected chi connectivity index (χ2v) is 4.35. The molecule has 6 heteroatoms. The predicted molar refractivity (Wildman–Crippen MR) is 74.0 cm³/mol. The highest BCUT2D eigenvalue weighted by molar-refractivity contribution is 5.98. The summed E-state index contributed by atoms with van der Waals surface area (Å²) in [5, 5.41) is 5.49. The Hall–Kier alpha value is -2.08. The fourth-order valence-electron chi connectivity index (χ4n) is 1.84. The Balaban J connectivity index is 1.89. The van der Waals surface area contributed by atoms with Crippen LogP contribution in [0.25, 0.3) is 0 Å². The minimum Gasteiger partial charge on any atom is -0.482 e. The average Bonchev–Trinajstić information content (AvgIpc) is 2.46. The highest BCUT2D eigenvalue weighted by atomic mass is 16.5. The Kier molecular flexibility index (Phi) is 4.95. The standard InChI is InChI=1S/C14H18N2O4/c1-2-19-7-3-6-15-14(18)10-4-5-11-12(8-10)20-9-13(17)16-11/h4-5,8H,2-3,6-7,9H2,1H3,(H,15,18)(H,16,17). The summed E-state index contributed by atoms with van der Waals surface area (Å²) >= 11 is 0. The molecule has 0 spiro atoms. The minimum atomic E-state index is -0.189. The quantitative estimate of drug-likeness (QED) is 0.766. The second kappa shape index (κ2) is 6.91. The first-order chi connectivity index (χ1) is 9.70. The Labute approximate surface area is 117 Å². The molecular weight excluding hydrogens is 260 g/mol. The van der Waals surface area contributed by atoms with E-state index in [1.807, 2.05) is 6.92 Å². The van der Waals surface area contributed by atoms with E-state index in [2.05, 4.69) is 10.6 Å². The van der Waals surface area contributed by atoms with E-state index in [1.165, 1.54) is 0 Å². The summed E-state index contributed by atoms with van der Waals surface area (Å²) in [6, 6.07) is 4.96. The molecule has 1 heterocycles. The summed E-state index contributed by atoms with van der Waals surface area (Å²) in [7, 11) is 0. The van der Waals surface area contributed by atoms with Gasteiger partial charge in [-0.2, -0.15) is 0 Å². The Morgan fingerprint density at radius 3 is 3.15 bits per heavy atom. The van der Waals surface area contributed by atoms with Crippen molar-refractivity contribution in [3.63, 3.8) is 0 Å². The van der Waals surface area contributed by atoms with Gasteiger partial charge in [0.25, 0.3) is 11.8 Å². The van der Waals surface area contributed by atoms with E-state index < -0.39 is 0 Å². The number of rotatable bonds is 6. The molecule has 0 aromatic heterocycles. The molecule has 2 amide bonds. The molecule has 0 atom stereocenters. The minimum absolute atomic E-state index is 0.0214. The topological polar surface area (TPSA) is 76.7 Å². The van der Waals surface area contributed by atoms with Gasteiger partial charge in [0, 0.05) is 25.3 Å². The van der Waals surface area contributed by atoms with Crippen molar-refractivity contribution in [3.05, 3.63) is 23.8 Å². The van der Waals surface area contributed by atoms with E-state index in [4.69, 9.17) is 9.47 Å². The SMILES string of the molecule is CCOCCCNC(=O)c1ccc2c(c1)OCC(=O)N2. The van der Waals surface area contributed by atoms with Crippen LogP contribution in [0.4, 0.5) is 5.69 Å². The lowest BCUT2D eigenvalue weighted by molar-refractivity contribution is -0.118. The number of ether oxygens (including phenoxy) is 2. The molecule has 1 aliphatic rings. The molecule has 0 aliphatic carbocycles. The first kappa shape index (κ1) is 14.3. The van der Waals surface area contributed by atoms with Crippen molar-refractivity contribution >= 4 is 17.5 Å². The number of fused-ring (bicyclic) bond motifs is 1. The van der Waals surface area contributed by atoms with Crippen LogP contribution in [0.5, 0.6) is 5.75 Å².